The van der Waals surface area contributed by atoms with Gasteiger partial charge in [-0.1, -0.05) is 36.4 Å². The van der Waals surface area contributed by atoms with Crippen molar-refractivity contribution in [3.63, 3.8) is 0 Å². The molecule has 0 bridgehead atoms. The van der Waals surface area contributed by atoms with Crippen LogP contribution in [0.25, 0.3) is 0 Å². The molecule has 0 amide bonds. The summed E-state index contributed by atoms with van der Waals surface area (Å²) in [4.78, 5) is 34.5. The monoisotopic (exact) mass is 391 g/mol. The van der Waals surface area contributed by atoms with Crippen LogP contribution in [0.2, 0.25) is 0 Å². The third kappa shape index (κ3) is 5.49. The summed E-state index contributed by atoms with van der Waals surface area (Å²) in [7, 11) is 0. The summed E-state index contributed by atoms with van der Waals surface area (Å²) < 4.78 is 10.4. The van der Waals surface area contributed by atoms with Gasteiger partial charge in [0.1, 0.15) is 5.75 Å². The lowest BCUT2D eigenvalue weighted by molar-refractivity contribution is -0.384. The molecule has 0 aliphatic carbocycles. The van der Waals surface area contributed by atoms with Crippen LogP contribution in [-0.2, 0) is 11.2 Å². The molecular weight excluding hydrogens is 374 g/mol. The molecule has 0 radical (unpaired) electrons. The van der Waals surface area contributed by atoms with E-state index in [4.69, 9.17) is 9.47 Å². The summed E-state index contributed by atoms with van der Waals surface area (Å²) in [6.07, 6.45) is 0.617. The number of benzene rings is 3. The van der Waals surface area contributed by atoms with Gasteiger partial charge in [-0.25, -0.2) is 9.59 Å². The summed E-state index contributed by atoms with van der Waals surface area (Å²) >= 11 is 0. The van der Waals surface area contributed by atoms with Crippen LogP contribution >= 0.6 is 0 Å². The maximum atomic E-state index is 12.1. The molecule has 0 atom stereocenters. The number of nitrogens with zero attached hydrogens (tertiary/aromatic N) is 1. The molecule has 0 heterocycles. The SMILES string of the molecule is O=C(OCCc1ccccc1)c1ccc(OC(=O)c2cccc([N+](=O)[O-])c2)cc1. The van der Waals surface area contributed by atoms with E-state index in [1.807, 2.05) is 30.3 Å². The quantitative estimate of drug-likeness (QED) is 0.259. The third-order valence-corrected chi connectivity index (χ3v) is 4.06. The van der Waals surface area contributed by atoms with Gasteiger partial charge in [0.25, 0.3) is 5.69 Å². The molecule has 146 valence electrons. The molecule has 3 rings (SSSR count). The molecule has 7 heteroatoms. The van der Waals surface area contributed by atoms with Gasteiger partial charge in [0.15, 0.2) is 0 Å². The van der Waals surface area contributed by atoms with Crippen LogP contribution in [0.1, 0.15) is 26.3 Å². The Bertz CT molecular complexity index is 1010. The second kappa shape index (κ2) is 9.27. The van der Waals surface area contributed by atoms with Crippen LogP contribution in [0.3, 0.4) is 0 Å². The van der Waals surface area contributed by atoms with Crippen LogP contribution in [-0.4, -0.2) is 23.5 Å². The predicted octanol–water partition coefficient (Wildman–Crippen LogP) is 4.21. The second-order valence-electron chi connectivity index (χ2n) is 6.09. The molecule has 0 aromatic heterocycles. The van der Waals surface area contributed by atoms with E-state index in [0.29, 0.717) is 12.0 Å². The van der Waals surface area contributed by atoms with E-state index in [2.05, 4.69) is 0 Å². The van der Waals surface area contributed by atoms with E-state index in [9.17, 15) is 19.7 Å². The van der Waals surface area contributed by atoms with Gasteiger partial charge in [0.2, 0.25) is 0 Å². The first-order valence-corrected chi connectivity index (χ1v) is 8.81. The third-order valence-electron chi connectivity index (χ3n) is 4.06. The minimum atomic E-state index is -0.730. The van der Waals surface area contributed by atoms with Gasteiger partial charge < -0.3 is 9.47 Å². The number of carbonyl (C=O) groups is 2. The molecule has 0 saturated carbocycles. The van der Waals surface area contributed by atoms with Crippen LogP contribution in [0.15, 0.2) is 78.9 Å². The fourth-order valence-corrected chi connectivity index (χ4v) is 2.56. The van der Waals surface area contributed by atoms with Crippen molar-refractivity contribution in [2.24, 2.45) is 0 Å². The summed E-state index contributed by atoms with van der Waals surface area (Å²) in [5.74, 6) is -0.994. The molecule has 0 fully saturated rings. The van der Waals surface area contributed by atoms with Crippen molar-refractivity contribution in [2.45, 2.75) is 6.42 Å². The smallest absolute Gasteiger partial charge is 0.343 e. The summed E-state index contributed by atoms with van der Waals surface area (Å²) in [6, 6.07) is 20.8. The van der Waals surface area contributed by atoms with Gasteiger partial charge in [-0.15, -0.1) is 0 Å². The maximum Gasteiger partial charge on any atom is 0.343 e. The number of hydrogen-bond donors (Lipinski definition) is 0. The Morgan fingerprint density at radius 3 is 2.24 bits per heavy atom. The average Bonchev–Trinajstić information content (AvgIpc) is 2.75. The summed E-state index contributed by atoms with van der Waals surface area (Å²) in [6.45, 7) is 0.256. The van der Waals surface area contributed by atoms with Crippen molar-refractivity contribution in [1.29, 1.82) is 0 Å². The molecule has 3 aromatic carbocycles. The van der Waals surface area contributed by atoms with Gasteiger partial charge in [-0.3, -0.25) is 10.1 Å². The Hall–Kier alpha value is -4.00. The molecule has 0 saturated heterocycles. The average molecular weight is 391 g/mol. The Morgan fingerprint density at radius 2 is 1.55 bits per heavy atom. The number of nitro benzene ring substituents is 1. The maximum absolute atomic E-state index is 12.1. The molecule has 3 aromatic rings. The molecule has 0 aliphatic rings. The Morgan fingerprint density at radius 1 is 0.828 bits per heavy atom. The Labute approximate surface area is 166 Å². The lowest BCUT2D eigenvalue weighted by atomic mass is 10.2. The molecule has 0 unspecified atom stereocenters. The van der Waals surface area contributed by atoms with Crippen LogP contribution in [0, 0.1) is 10.1 Å². The summed E-state index contributed by atoms with van der Waals surface area (Å²) in [5.41, 5.74) is 1.26. The van der Waals surface area contributed by atoms with Gasteiger partial charge in [0, 0.05) is 18.6 Å². The number of nitro groups is 1. The zero-order valence-corrected chi connectivity index (χ0v) is 15.3. The number of non-ortho nitro benzene ring substituents is 1. The fraction of sp³-hybridized carbons (Fsp3) is 0.0909. The van der Waals surface area contributed by atoms with Crippen LogP contribution < -0.4 is 4.74 Å². The Balaban J connectivity index is 1.55. The summed E-state index contributed by atoms with van der Waals surface area (Å²) in [5, 5.41) is 10.8. The highest BCUT2D eigenvalue weighted by Gasteiger charge is 2.14. The highest BCUT2D eigenvalue weighted by molar-refractivity contribution is 5.92. The van der Waals surface area contributed by atoms with Crippen molar-refractivity contribution in [3.8, 4) is 5.75 Å². The van der Waals surface area contributed by atoms with Gasteiger partial charge >= 0.3 is 11.9 Å². The zero-order valence-electron chi connectivity index (χ0n) is 15.3. The van der Waals surface area contributed by atoms with Crippen LogP contribution in [0.5, 0.6) is 5.75 Å². The molecule has 29 heavy (non-hydrogen) atoms. The minimum Gasteiger partial charge on any atom is -0.462 e. The van der Waals surface area contributed by atoms with Crippen molar-refractivity contribution >= 4 is 17.6 Å². The van der Waals surface area contributed by atoms with E-state index in [0.717, 1.165) is 11.6 Å². The van der Waals surface area contributed by atoms with E-state index in [1.54, 1.807) is 0 Å². The van der Waals surface area contributed by atoms with Crippen LogP contribution in [0.4, 0.5) is 5.69 Å². The van der Waals surface area contributed by atoms with Gasteiger partial charge in [0.05, 0.1) is 22.7 Å². The standard InChI is InChI=1S/C22H17NO6/c24-21(28-14-13-16-5-2-1-3-6-16)17-9-11-20(12-10-17)29-22(25)18-7-4-8-19(15-18)23(26)27/h1-12,15H,13-14H2. The van der Waals surface area contributed by atoms with Crippen molar-refractivity contribution in [2.75, 3.05) is 6.61 Å². The van der Waals surface area contributed by atoms with E-state index < -0.39 is 16.9 Å². The van der Waals surface area contributed by atoms with Crippen molar-refractivity contribution < 1.29 is 24.0 Å². The first-order valence-electron chi connectivity index (χ1n) is 8.81. The van der Waals surface area contributed by atoms with E-state index >= 15 is 0 Å². The van der Waals surface area contributed by atoms with E-state index in [1.165, 1.54) is 42.5 Å². The van der Waals surface area contributed by atoms with Gasteiger partial charge in [-0.05, 0) is 35.9 Å². The Kier molecular flexibility index (Phi) is 6.32. The van der Waals surface area contributed by atoms with E-state index in [-0.39, 0.29) is 23.6 Å². The van der Waals surface area contributed by atoms with Crippen molar-refractivity contribution in [1.82, 2.24) is 0 Å². The zero-order chi connectivity index (χ0) is 20.6. The number of carbonyl (C=O) groups excluding carboxylic acids is 2. The highest BCUT2D eigenvalue weighted by atomic mass is 16.6. The molecule has 7 nitrogen and oxygen atoms in total. The minimum absolute atomic E-state index is 0.0589. The predicted molar refractivity (Wildman–Crippen MR) is 105 cm³/mol. The lowest BCUT2D eigenvalue weighted by Crippen LogP contribution is -2.10. The first-order chi connectivity index (χ1) is 14.0. The highest BCUT2D eigenvalue weighted by Crippen LogP contribution is 2.18. The number of rotatable bonds is 7. The lowest BCUT2D eigenvalue weighted by Gasteiger charge is -2.07. The molecule has 0 aliphatic heterocycles. The van der Waals surface area contributed by atoms with Gasteiger partial charge in [-0.2, -0.15) is 0 Å². The molecular formula is C22H17NO6. The molecule has 0 N–H and O–H groups in total. The number of hydrogen-bond acceptors (Lipinski definition) is 6. The molecule has 0 spiro atoms. The normalized spacial score (nSPS) is 10.2. The largest absolute Gasteiger partial charge is 0.462 e. The number of esters is 2. The van der Waals surface area contributed by atoms with Crippen molar-refractivity contribution in [3.05, 3.63) is 106 Å². The first kappa shape index (κ1) is 19.8. The second-order valence-corrected chi connectivity index (χ2v) is 6.09. The topological polar surface area (TPSA) is 95.7 Å². The number of ether oxygens (including phenoxy) is 2. The fourth-order valence-electron chi connectivity index (χ4n) is 2.56.